The highest BCUT2D eigenvalue weighted by Gasteiger charge is 2.33. The zero-order valence-corrected chi connectivity index (χ0v) is 23.3. The number of hydrazone groups is 1. The van der Waals surface area contributed by atoms with Crippen LogP contribution in [-0.2, 0) is 15.7 Å². The number of furan rings is 1. The van der Waals surface area contributed by atoms with Crippen LogP contribution in [0.3, 0.4) is 0 Å². The lowest BCUT2D eigenvalue weighted by Crippen LogP contribution is -2.45. The zero-order valence-electron chi connectivity index (χ0n) is 23.3. The molecule has 0 radical (unpaired) electrons. The zero-order chi connectivity index (χ0) is 31.1. The molecule has 2 amide bonds. The van der Waals surface area contributed by atoms with Crippen LogP contribution in [0, 0.1) is 0 Å². The van der Waals surface area contributed by atoms with E-state index in [2.05, 4.69) is 21.2 Å². The highest BCUT2D eigenvalue weighted by atomic mass is 19.4. The molecule has 43 heavy (non-hydrogen) atoms. The molecule has 14 heteroatoms. The van der Waals surface area contributed by atoms with Gasteiger partial charge in [0, 0.05) is 11.3 Å². The monoisotopic (exact) mass is 602 g/mol. The van der Waals surface area contributed by atoms with Gasteiger partial charge in [0.25, 0.3) is 0 Å². The third-order valence-electron chi connectivity index (χ3n) is 6.19. The summed E-state index contributed by atoms with van der Waals surface area (Å²) in [6.45, 7) is 3.40. The fourth-order valence-electron chi connectivity index (χ4n) is 4.24. The van der Waals surface area contributed by atoms with Crippen LogP contribution < -0.4 is 25.5 Å². The maximum absolute atomic E-state index is 13.0. The van der Waals surface area contributed by atoms with Crippen LogP contribution >= 0.6 is 0 Å². The van der Waals surface area contributed by atoms with Gasteiger partial charge >= 0.3 is 18.2 Å². The molecule has 4 rings (SSSR count). The van der Waals surface area contributed by atoms with Gasteiger partial charge in [0.05, 0.1) is 37.1 Å². The van der Waals surface area contributed by atoms with E-state index in [-0.39, 0.29) is 41.6 Å². The van der Waals surface area contributed by atoms with E-state index in [0.29, 0.717) is 17.0 Å². The number of hydrogen-bond acceptors (Lipinski definition) is 9. The Morgan fingerprint density at radius 1 is 1.16 bits per heavy atom. The van der Waals surface area contributed by atoms with Crippen molar-refractivity contribution in [2.75, 3.05) is 20.3 Å². The number of methoxy groups -OCH3 is 1. The Morgan fingerprint density at radius 2 is 1.95 bits per heavy atom. The quantitative estimate of drug-likeness (QED) is 0.109. The van der Waals surface area contributed by atoms with Gasteiger partial charge in [-0.2, -0.15) is 18.3 Å². The number of benzene rings is 2. The summed E-state index contributed by atoms with van der Waals surface area (Å²) in [5.74, 6) is 0.444. The Bertz CT molecular complexity index is 1530. The molecule has 0 saturated heterocycles. The molecular weight excluding hydrogens is 573 g/mol. The van der Waals surface area contributed by atoms with Gasteiger partial charge in [0.15, 0.2) is 17.7 Å². The summed E-state index contributed by atoms with van der Waals surface area (Å²) in [6, 6.07) is 11.3. The highest BCUT2D eigenvalue weighted by Crippen LogP contribution is 2.35. The average Bonchev–Trinajstić information content (AvgIpc) is 3.44. The summed E-state index contributed by atoms with van der Waals surface area (Å²) < 4.78 is 60.8. The number of esters is 1. The van der Waals surface area contributed by atoms with E-state index in [9.17, 15) is 27.9 Å². The molecule has 0 saturated carbocycles. The van der Waals surface area contributed by atoms with Crippen LogP contribution in [0.2, 0.25) is 0 Å². The molecule has 3 aromatic rings. The maximum atomic E-state index is 13.0. The number of nitrogens with one attached hydrogen (secondary N) is 3. The Morgan fingerprint density at radius 3 is 2.67 bits per heavy atom. The third-order valence-corrected chi connectivity index (χ3v) is 6.19. The number of hydrogen-bond donors (Lipinski definition) is 4. The lowest BCUT2D eigenvalue weighted by atomic mass is 9.95. The Hall–Kier alpha value is -4.98. The molecule has 0 fully saturated rings. The first-order valence-electron chi connectivity index (χ1n) is 13.0. The number of alkyl halides is 3. The van der Waals surface area contributed by atoms with Crippen LogP contribution in [0.1, 0.15) is 36.8 Å². The fraction of sp³-hybridized carbons (Fsp3) is 0.276. The van der Waals surface area contributed by atoms with E-state index in [0.717, 1.165) is 12.1 Å². The summed E-state index contributed by atoms with van der Waals surface area (Å²) >= 11 is 0. The largest absolute Gasteiger partial charge is 0.490 e. The predicted molar refractivity (Wildman–Crippen MR) is 148 cm³/mol. The van der Waals surface area contributed by atoms with Gasteiger partial charge in [-0.1, -0.05) is 18.2 Å². The molecule has 11 nitrogen and oxygen atoms in total. The molecule has 0 spiro atoms. The summed E-state index contributed by atoms with van der Waals surface area (Å²) in [5.41, 5.74) is 3.05. The van der Waals surface area contributed by atoms with Gasteiger partial charge in [-0.3, -0.25) is 5.43 Å². The van der Waals surface area contributed by atoms with Crippen molar-refractivity contribution < 1.29 is 46.5 Å². The lowest BCUT2D eigenvalue weighted by Gasteiger charge is -2.28. The number of ether oxygens (including phenoxy) is 3. The van der Waals surface area contributed by atoms with Crippen LogP contribution in [0.15, 0.2) is 75.4 Å². The van der Waals surface area contributed by atoms with Crippen molar-refractivity contribution in [3.8, 4) is 22.8 Å². The standard InChI is InChI=1S/C29H29F3N4O7/c1-4-41-23-13-18(26-25(27(38)40-3)16(2)34-28(39)35-26)8-10-22(23)42-15-24(37)36-33-14-20-9-11-21(43-20)17-6-5-7-19(12-17)29(30,31)32/h5-14,24,26,36-37H,4,15H2,1-3H3,(H2,34,35,39)/b33-14+/t24-,26-/m0/s1. The van der Waals surface area contributed by atoms with Crippen molar-refractivity contribution >= 4 is 18.2 Å². The number of allylic oxidation sites excluding steroid dienone is 1. The first-order chi connectivity index (χ1) is 20.5. The molecule has 2 heterocycles. The predicted octanol–water partition coefficient (Wildman–Crippen LogP) is 4.49. The van der Waals surface area contributed by atoms with Crippen molar-refractivity contribution in [2.45, 2.75) is 32.3 Å². The number of nitrogens with zero attached hydrogens (tertiary/aromatic N) is 1. The lowest BCUT2D eigenvalue weighted by molar-refractivity contribution is -0.138. The van der Waals surface area contributed by atoms with Gasteiger partial charge in [-0.25, -0.2) is 9.59 Å². The van der Waals surface area contributed by atoms with Crippen LogP contribution in [-0.4, -0.2) is 49.9 Å². The number of carbonyl (C=O) groups is 2. The molecule has 2 atom stereocenters. The molecule has 1 aliphatic heterocycles. The number of amides is 2. The minimum Gasteiger partial charge on any atom is -0.490 e. The Labute approximate surface area is 244 Å². The summed E-state index contributed by atoms with van der Waals surface area (Å²) in [5, 5.41) is 19.4. The molecule has 0 bridgehead atoms. The smallest absolute Gasteiger partial charge is 0.416 e. The van der Waals surface area contributed by atoms with Crippen molar-refractivity contribution in [3.05, 3.63) is 82.8 Å². The second-order valence-corrected chi connectivity index (χ2v) is 9.20. The SMILES string of the molecule is CCOc1cc([C@@H]2NC(=O)NC(C)=C2C(=O)OC)ccc1OC[C@H](O)N/N=C/c1ccc(-c2cccc(C(F)(F)F)c2)o1. The highest BCUT2D eigenvalue weighted by molar-refractivity contribution is 5.95. The number of aliphatic hydroxyl groups excluding tert-OH is 1. The number of halogens is 3. The minimum absolute atomic E-state index is 0.219. The molecule has 4 N–H and O–H groups in total. The molecule has 0 aliphatic carbocycles. The van der Waals surface area contributed by atoms with Crippen LogP contribution in [0.4, 0.5) is 18.0 Å². The number of rotatable bonds is 11. The van der Waals surface area contributed by atoms with Gasteiger partial charge in [0.1, 0.15) is 18.1 Å². The van der Waals surface area contributed by atoms with Crippen molar-refractivity contribution in [3.63, 3.8) is 0 Å². The topological polar surface area (TPSA) is 144 Å². The van der Waals surface area contributed by atoms with E-state index in [1.54, 1.807) is 32.0 Å². The van der Waals surface area contributed by atoms with E-state index in [4.69, 9.17) is 18.6 Å². The van der Waals surface area contributed by atoms with Gasteiger partial charge in [0.2, 0.25) is 0 Å². The van der Waals surface area contributed by atoms with Gasteiger partial charge < -0.3 is 34.4 Å². The molecular formula is C29H29F3N4O7. The second kappa shape index (κ2) is 13.3. The number of carbonyl (C=O) groups excluding carboxylic acids is 2. The van der Waals surface area contributed by atoms with Crippen molar-refractivity contribution in [1.29, 1.82) is 0 Å². The van der Waals surface area contributed by atoms with E-state index in [1.165, 1.54) is 37.6 Å². The first-order valence-corrected chi connectivity index (χ1v) is 13.0. The number of urea groups is 1. The van der Waals surface area contributed by atoms with Crippen molar-refractivity contribution in [2.24, 2.45) is 5.10 Å². The molecule has 1 aromatic heterocycles. The first kappa shape index (κ1) is 31.0. The maximum Gasteiger partial charge on any atom is 0.416 e. The van der Waals surface area contributed by atoms with E-state index >= 15 is 0 Å². The third kappa shape index (κ3) is 7.65. The Kier molecular flexibility index (Phi) is 9.60. The minimum atomic E-state index is -4.48. The van der Waals surface area contributed by atoms with Gasteiger partial charge in [-0.15, -0.1) is 0 Å². The molecule has 2 aromatic carbocycles. The molecule has 228 valence electrons. The normalized spacial score (nSPS) is 16.0. The van der Waals surface area contributed by atoms with E-state index < -0.39 is 36.0 Å². The van der Waals surface area contributed by atoms with Crippen LogP contribution in [0.25, 0.3) is 11.3 Å². The van der Waals surface area contributed by atoms with Crippen molar-refractivity contribution in [1.82, 2.24) is 16.1 Å². The molecule has 0 unspecified atom stereocenters. The van der Waals surface area contributed by atoms with Gasteiger partial charge in [-0.05, 0) is 55.8 Å². The molecule has 1 aliphatic rings. The van der Waals surface area contributed by atoms with Crippen LogP contribution in [0.5, 0.6) is 11.5 Å². The van der Waals surface area contributed by atoms with E-state index in [1.807, 2.05) is 0 Å². The fourth-order valence-corrected chi connectivity index (χ4v) is 4.24. The second-order valence-electron chi connectivity index (χ2n) is 9.20. The summed E-state index contributed by atoms with van der Waals surface area (Å²) in [6.07, 6.45) is -4.48. The average molecular weight is 603 g/mol. The Balaban J connectivity index is 1.39. The number of aliphatic hydroxyl groups is 1. The summed E-state index contributed by atoms with van der Waals surface area (Å²) in [7, 11) is 1.24. The summed E-state index contributed by atoms with van der Waals surface area (Å²) in [4.78, 5) is 24.5.